The maximum Gasteiger partial charge on any atom is 0.132 e. The minimum atomic E-state index is -0.769. The molecule has 2 saturated heterocycles. The molecule has 44 heavy (non-hydrogen) atoms. The van der Waals surface area contributed by atoms with Gasteiger partial charge in [0.1, 0.15) is 5.78 Å². The predicted octanol–water partition coefficient (Wildman–Crippen LogP) is 7.62. The van der Waals surface area contributed by atoms with E-state index in [-0.39, 0.29) is 36.6 Å². The van der Waals surface area contributed by atoms with Gasteiger partial charge in [-0.05, 0) is 63.1 Å². The molecule has 236 valence electrons. The van der Waals surface area contributed by atoms with Gasteiger partial charge in [0.25, 0.3) is 0 Å². The molecule has 5 rings (SSSR count). The lowest BCUT2D eigenvalue weighted by Crippen LogP contribution is -2.57. The largest absolute Gasteiger partial charge is 0.377 e. The van der Waals surface area contributed by atoms with Gasteiger partial charge in [0.05, 0.1) is 55.4 Å². The van der Waals surface area contributed by atoms with E-state index in [0.29, 0.717) is 32.8 Å². The maximum atomic E-state index is 12.5. The lowest BCUT2D eigenvalue weighted by molar-refractivity contribution is -0.266. The third kappa shape index (κ3) is 8.86. The summed E-state index contributed by atoms with van der Waals surface area (Å²) in [6.45, 7) is 8.07. The first kappa shape index (κ1) is 32.5. The molecule has 0 saturated carbocycles. The van der Waals surface area contributed by atoms with Gasteiger partial charge in [0.15, 0.2) is 0 Å². The van der Waals surface area contributed by atoms with E-state index in [9.17, 15) is 4.79 Å². The molecule has 0 unspecified atom stereocenters. The second kappa shape index (κ2) is 15.4. The summed E-state index contributed by atoms with van der Waals surface area (Å²) >= 11 is 0. The van der Waals surface area contributed by atoms with E-state index < -0.39 is 11.2 Å². The Morgan fingerprint density at radius 2 is 1.36 bits per heavy atom. The Balaban J connectivity index is 1.29. The van der Waals surface area contributed by atoms with Crippen LogP contribution in [0.1, 0.15) is 76.0 Å². The number of carbonyl (C=O) groups excluding carboxylic acids is 1. The lowest BCUT2D eigenvalue weighted by atomic mass is 9.83. The third-order valence-corrected chi connectivity index (χ3v) is 9.05. The second-order valence-electron chi connectivity index (χ2n) is 12.8. The fraction of sp³-hybridized carbons (Fsp3) is 0.500. The molecule has 2 heterocycles. The molecule has 2 aliphatic heterocycles. The summed E-state index contributed by atoms with van der Waals surface area (Å²) in [5.41, 5.74) is 2.11. The molecule has 6 heteroatoms. The average molecular weight is 601 g/mol. The zero-order valence-corrected chi connectivity index (χ0v) is 26.5. The van der Waals surface area contributed by atoms with Gasteiger partial charge < -0.3 is 23.7 Å². The van der Waals surface area contributed by atoms with Crippen LogP contribution in [-0.4, -0.2) is 48.0 Å². The van der Waals surface area contributed by atoms with Gasteiger partial charge >= 0.3 is 0 Å². The predicted molar refractivity (Wildman–Crippen MR) is 171 cm³/mol. The monoisotopic (exact) mass is 600 g/mol. The summed E-state index contributed by atoms with van der Waals surface area (Å²) in [5, 5.41) is 0. The highest BCUT2D eigenvalue weighted by molar-refractivity contribution is 5.76. The zero-order chi connectivity index (χ0) is 30.8. The number of carbonyl (C=O) groups is 1. The fourth-order valence-corrected chi connectivity index (χ4v) is 6.66. The van der Waals surface area contributed by atoms with Gasteiger partial charge in [-0.25, -0.2) is 0 Å². The molecular formula is C38H48O6. The van der Waals surface area contributed by atoms with Gasteiger partial charge in [-0.2, -0.15) is 0 Å². The van der Waals surface area contributed by atoms with E-state index in [1.165, 1.54) is 5.56 Å². The van der Waals surface area contributed by atoms with Crippen LogP contribution >= 0.6 is 0 Å². The van der Waals surface area contributed by atoms with Crippen molar-refractivity contribution in [2.24, 2.45) is 0 Å². The smallest absolute Gasteiger partial charge is 0.132 e. The maximum absolute atomic E-state index is 12.5. The molecule has 2 fully saturated rings. The van der Waals surface area contributed by atoms with Gasteiger partial charge in [0.2, 0.25) is 0 Å². The molecule has 6 nitrogen and oxygen atoms in total. The first-order chi connectivity index (χ1) is 21.3. The highest BCUT2D eigenvalue weighted by Crippen LogP contribution is 2.45. The highest BCUT2D eigenvalue weighted by Gasteiger charge is 2.54. The number of Topliss-reactive ketones (excluding diaryl/α,β-unsaturated/α-hetero) is 1. The number of hydrogen-bond acceptors (Lipinski definition) is 6. The van der Waals surface area contributed by atoms with Crippen molar-refractivity contribution in [2.75, 3.05) is 6.61 Å². The first-order valence-corrected chi connectivity index (χ1v) is 16.1. The summed E-state index contributed by atoms with van der Waals surface area (Å²) in [5.74, 6) is 0.0893. The van der Waals surface area contributed by atoms with Crippen molar-refractivity contribution in [3.63, 3.8) is 0 Å². The van der Waals surface area contributed by atoms with E-state index >= 15 is 0 Å². The molecular weight excluding hydrogens is 552 g/mol. The van der Waals surface area contributed by atoms with Gasteiger partial charge in [0, 0.05) is 19.4 Å². The minimum Gasteiger partial charge on any atom is -0.377 e. The standard InChI is InChI=1S/C38H48O6/c1-29(39)25-38(3)35(42-28-32-18-11-6-12-19-32)21-22-37(2)36(44-38)24-34(41-27-31-16-9-5-10-17-31)33(43-37)20-13-23-40-26-30-14-7-4-8-15-30/h4-12,14-19,33-36H,13,20-28H2,1-3H3/t33-,34+,35-,36-,37+,38+/m0/s1. The van der Waals surface area contributed by atoms with Crippen molar-refractivity contribution >= 4 is 5.78 Å². The molecule has 6 atom stereocenters. The fourth-order valence-electron chi connectivity index (χ4n) is 6.66. The quantitative estimate of drug-likeness (QED) is 0.177. The molecule has 0 radical (unpaired) electrons. The molecule has 0 bridgehead atoms. The minimum absolute atomic E-state index is 0.0893. The average Bonchev–Trinajstić information content (AvgIpc) is 3.12. The molecule has 0 aliphatic carbocycles. The van der Waals surface area contributed by atoms with Crippen LogP contribution in [0.25, 0.3) is 0 Å². The van der Waals surface area contributed by atoms with Crippen LogP contribution in [-0.2, 0) is 48.3 Å². The molecule has 0 N–H and O–H groups in total. The van der Waals surface area contributed by atoms with Crippen LogP contribution in [0.15, 0.2) is 91.0 Å². The summed E-state index contributed by atoms with van der Waals surface area (Å²) in [6, 6.07) is 30.7. The molecule has 3 aromatic carbocycles. The number of fused-ring (bicyclic) bond motifs is 1. The van der Waals surface area contributed by atoms with Crippen molar-refractivity contribution < 1.29 is 28.5 Å². The van der Waals surface area contributed by atoms with E-state index in [2.05, 4.69) is 43.3 Å². The topological polar surface area (TPSA) is 63.2 Å². The van der Waals surface area contributed by atoms with Crippen LogP contribution < -0.4 is 0 Å². The first-order valence-electron chi connectivity index (χ1n) is 16.1. The normalized spacial score (nSPS) is 28.6. The molecule has 0 aromatic heterocycles. The summed E-state index contributed by atoms with van der Waals surface area (Å²) in [7, 11) is 0. The van der Waals surface area contributed by atoms with Crippen LogP contribution in [0.2, 0.25) is 0 Å². The van der Waals surface area contributed by atoms with Crippen molar-refractivity contribution in [3.8, 4) is 0 Å². The van der Waals surface area contributed by atoms with Crippen LogP contribution in [0.4, 0.5) is 0 Å². The molecule has 0 spiro atoms. The Bertz CT molecular complexity index is 1280. The van der Waals surface area contributed by atoms with Gasteiger partial charge in [-0.15, -0.1) is 0 Å². The third-order valence-electron chi connectivity index (χ3n) is 9.05. The van der Waals surface area contributed by atoms with E-state index in [0.717, 1.165) is 36.8 Å². The molecule has 3 aromatic rings. The van der Waals surface area contributed by atoms with Crippen molar-refractivity contribution in [1.82, 2.24) is 0 Å². The van der Waals surface area contributed by atoms with E-state index in [4.69, 9.17) is 23.7 Å². The number of benzene rings is 3. The van der Waals surface area contributed by atoms with Crippen LogP contribution in [0.3, 0.4) is 0 Å². The van der Waals surface area contributed by atoms with Crippen molar-refractivity contribution in [2.45, 2.75) is 115 Å². The zero-order valence-electron chi connectivity index (χ0n) is 26.5. The number of hydrogen-bond donors (Lipinski definition) is 0. The number of ketones is 1. The SMILES string of the molecule is CC(=O)C[C@@]1(C)O[C@H]2C[C@@H](OCc3ccccc3)[C@H](CCCOCc3ccccc3)O[C@]2(C)CC[C@@H]1OCc1ccccc1. The lowest BCUT2D eigenvalue weighted by Gasteiger charge is -2.49. The van der Waals surface area contributed by atoms with Crippen LogP contribution in [0, 0.1) is 0 Å². The number of ether oxygens (including phenoxy) is 5. The van der Waals surface area contributed by atoms with Crippen LogP contribution in [0.5, 0.6) is 0 Å². The highest BCUT2D eigenvalue weighted by atomic mass is 16.6. The summed E-state index contributed by atoms with van der Waals surface area (Å²) in [6.07, 6.45) is 3.48. The summed E-state index contributed by atoms with van der Waals surface area (Å²) < 4.78 is 33.1. The van der Waals surface area contributed by atoms with E-state index in [1.807, 2.05) is 61.5 Å². The molecule has 2 aliphatic rings. The molecule has 0 amide bonds. The van der Waals surface area contributed by atoms with Crippen molar-refractivity contribution in [1.29, 1.82) is 0 Å². The Kier molecular flexibility index (Phi) is 11.4. The second-order valence-corrected chi connectivity index (χ2v) is 12.8. The Morgan fingerprint density at radius 3 is 1.95 bits per heavy atom. The van der Waals surface area contributed by atoms with Gasteiger partial charge in [-0.3, -0.25) is 4.79 Å². The van der Waals surface area contributed by atoms with Crippen molar-refractivity contribution in [3.05, 3.63) is 108 Å². The van der Waals surface area contributed by atoms with Gasteiger partial charge in [-0.1, -0.05) is 91.0 Å². The Morgan fingerprint density at radius 1 is 0.795 bits per heavy atom. The Labute approximate surface area is 263 Å². The Hall–Kier alpha value is -2.87. The van der Waals surface area contributed by atoms with E-state index in [1.54, 1.807) is 6.92 Å². The summed E-state index contributed by atoms with van der Waals surface area (Å²) in [4.78, 5) is 12.5. The number of rotatable bonds is 14.